The highest BCUT2D eigenvalue weighted by molar-refractivity contribution is 8.16. The van der Waals surface area contributed by atoms with Crippen molar-refractivity contribution in [3.8, 4) is 0 Å². The zero-order valence-electron chi connectivity index (χ0n) is 14.2. The van der Waals surface area contributed by atoms with Crippen LogP contribution in [0.15, 0.2) is 72.3 Å². The summed E-state index contributed by atoms with van der Waals surface area (Å²) < 4.78 is 7.78. The van der Waals surface area contributed by atoms with Gasteiger partial charge < -0.3 is 4.74 Å². The van der Waals surface area contributed by atoms with E-state index >= 15 is 0 Å². The lowest BCUT2D eigenvalue weighted by Gasteiger charge is -2.34. The molecule has 1 saturated heterocycles. The van der Waals surface area contributed by atoms with E-state index in [0.717, 1.165) is 24.2 Å². The van der Waals surface area contributed by atoms with Crippen molar-refractivity contribution in [1.29, 1.82) is 0 Å². The lowest BCUT2D eigenvalue weighted by Crippen LogP contribution is -2.32. The second kappa shape index (κ2) is 9.32. The third kappa shape index (κ3) is 5.07. The number of hydrogen-bond donors (Lipinski definition) is 0. The number of halogens is 2. The summed E-state index contributed by atoms with van der Waals surface area (Å²) in [5.74, 6) is 4.02. The molecule has 1 atom stereocenters. The van der Waals surface area contributed by atoms with Crippen molar-refractivity contribution in [1.82, 2.24) is 4.67 Å². The zero-order chi connectivity index (χ0) is 18.4. The molecular weight excluding hydrogens is 404 g/mol. The SMILES string of the molecule is S=P(/C=C(\Cl)c1ccccc1)(/C=C(/Cl)c1ccccc1)N1CCOCC1. The van der Waals surface area contributed by atoms with E-state index < -0.39 is 6.19 Å². The second-order valence-corrected chi connectivity index (χ2v) is 10.9. The van der Waals surface area contributed by atoms with Crippen molar-refractivity contribution in [2.75, 3.05) is 26.3 Å². The van der Waals surface area contributed by atoms with Gasteiger partial charge in [0, 0.05) is 13.1 Å². The highest BCUT2D eigenvalue weighted by Gasteiger charge is 2.25. The molecule has 0 N–H and O–H groups in total. The van der Waals surface area contributed by atoms with Gasteiger partial charge in [-0.3, -0.25) is 4.67 Å². The smallest absolute Gasteiger partial charge is 0.0601 e. The minimum atomic E-state index is -2.24. The molecule has 2 nitrogen and oxygen atoms in total. The van der Waals surface area contributed by atoms with Crippen LogP contribution in [0.4, 0.5) is 0 Å². The highest BCUT2D eigenvalue weighted by atomic mass is 35.5. The van der Waals surface area contributed by atoms with Crippen LogP contribution in [0.3, 0.4) is 0 Å². The fourth-order valence-corrected chi connectivity index (χ4v) is 7.49. The first kappa shape index (κ1) is 19.8. The molecule has 26 heavy (non-hydrogen) atoms. The number of rotatable bonds is 5. The third-order valence-electron chi connectivity index (χ3n) is 4.13. The van der Waals surface area contributed by atoms with Crippen molar-refractivity contribution in [3.63, 3.8) is 0 Å². The summed E-state index contributed by atoms with van der Waals surface area (Å²) in [5, 5.41) is 1.32. The van der Waals surface area contributed by atoms with Crippen molar-refractivity contribution >= 4 is 51.3 Å². The molecule has 1 fully saturated rings. The van der Waals surface area contributed by atoms with Gasteiger partial charge in [0.05, 0.1) is 29.5 Å². The van der Waals surface area contributed by atoms with Gasteiger partial charge in [0.15, 0.2) is 0 Å². The molecular formula is C20H20Cl2NOPS. The zero-order valence-corrected chi connectivity index (χ0v) is 17.4. The third-order valence-corrected chi connectivity index (χ3v) is 8.95. The van der Waals surface area contributed by atoms with E-state index in [1.165, 1.54) is 0 Å². The van der Waals surface area contributed by atoms with E-state index in [1.807, 2.05) is 72.3 Å². The van der Waals surface area contributed by atoms with Crippen molar-refractivity contribution in [3.05, 3.63) is 83.4 Å². The van der Waals surface area contributed by atoms with Gasteiger partial charge in [-0.05, 0) is 22.8 Å². The first-order chi connectivity index (χ1) is 12.6. The summed E-state index contributed by atoms with van der Waals surface area (Å²) >= 11 is 19.4. The Morgan fingerprint density at radius 3 is 1.69 bits per heavy atom. The number of ether oxygens (including phenoxy) is 1. The monoisotopic (exact) mass is 423 g/mol. The molecule has 6 heteroatoms. The van der Waals surface area contributed by atoms with E-state index in [9.17, 15) is 0 Å². The van der Waals surface area contributed by atoms with Gasteiger partial charge in [-0.25, -0.2) is 0 Å². The first-order valence-corrected chi connectivity index (χ1v) is 12.0. The number of benzene rings is 2. The van der Waals surface area contributed by atoms with Crippen molar-refractivity contribution in [2.24, 2.45) is 0 Å². The Labute approximate surface area is 170 Å². The van der Waals surface area contributed by atoms with Crippen LogP contribution < -0.4 is 0 Å². The Bertz CT molecular complexity index is 774. The van der Waals surface area contributed by atoms with Crippen LogP contribution in [0.1, 0.15) is 11.1 Å². The quantitative estimate of drug-likeness (QED) is 0.532. The predicted molar refractivity (Wildman–Crippen MR) is 117 cm³/mol. The van der Waals surface area contributed by atoms with Crippen LogP contribution in [0, 0.1) is 0 Å². The summed E-state index contributed by atoms with van der Waals surface area (Å²) in [6.45, 7) is 2.91. The van der Waals surface area contributed by atoms with Gasteiger partial charge in [-0.1, -0.05) is 95.7 Å². The van der Waals surface area contributed by atoms with Gasteiger partial charge in [-0.2, -0.15) is 0 Å². The normalized spacial score (nSPS) is 19.2. The topological polar surface area (TPSA) is 12.5 Å². The Morgan fingerprint density at radius 1 is 0.846 bits per heavy atom. The van der Waals surface area contributed by atoms with Gasteiger partial charge in [0.25, 0.3) is 0 Å². The lowest BCUT2D eigenvalue weighted by atomic mass is 10.2. The second-order valence-electron chi connectivity index (χ2n) is 5.92. The summed E-state index contributed by atoms with van der Waals surface area (Å²) in [4.78, 5) is 0. The molecule has 2 aromatic carbocycles. The molecule has 0 aliphatic carbocycles. The predicted octanol–water partition coefficient (Wildman–Crippen LogP) is 6.19. The van der Waals surface area contributed by atoms with Crippen LogP contribution in [-0.4, -0.2) is 31.0 Å². The summed E-state index contributed by atoms with van der Waals surface area (Å²) in [7, 11) is 0. The fraction of sp³-hybridized carbons (Fsp3) is 0.200. The average molecular weight is 424 g/mol. The molecule has 0 saturated carbocycles. The van der Waals surface area contributed by atoms with Crippen LogP contribution >= 0.6 is 29.4 Å². The first-order valence-electron chi connectivity index (χ1n) is 8.39. The summed E-state index contributed by atoms with van der Waals surface area (Å²) in [6.07, 6.45) is -2.24. The summed E-state index contributed by atoms with van der Waals surface area (Å²) in [5.41, 5.74) is 1.92. The van der Waals surface area contributed by atoms with Gasteiger partial charge >= 0.3 is 0 Å². The van der Waals surface area contributed by atoms with E-state index in [2.05, 4.69) is 4.67 Å². The maximum absolute atomic E-state index is 6.63. The summed E-state index contributed by atoms with van der Waals surface area (Å²) in [6, 6.07) is 19.8. The van der Waals surface area contributed by atoms with Crippen LogP contribution in [0.5, 0.6) is 0 Å². The van der Waals surface area contributed by atoms with E-state index in [-0.39, 0.29) is 0 Å². The van der Waals surface area contributed by atoms with Crippen molar-refractivity contribution < 1.29 is 4.74 Å². The van der Waals surface area contributed by atoms with Crippen LogP contribution in [0.2, 0.25) is 0 Å². The fourth-order valence-electron chi connectivity index (χ4n) is 2.74. The van der Waals surface area contributed by atoms with Crippen LogP contribution in [-0.2, 0) is 16.5 Å². The molecule has 0 amide bonds. The number of morpholine rings is 1. The van der Waals surface area contributed by atoms with Gasteiger partial charge in [-0.15, -0.1) is 0 Å². The maximum Gasteiger partial charge on any atom is 0.0601 e. The molecule has 1 unspecified atom stereocenters. The Balaban J connectivity index is 2.01. The minimum Gasteiger partial charge on any atom is -0.379 e. The number of hydrogen-bond acceptors (Lipinski definition) is 2. The Hall–Kier alpha value is -0.930. The Kier molecular flexibility index (Phi) is 7.11. The molecule has 1 aliphatic rings. The van der Waals surface area contributed by atoms with Gasteiger partial charge in [0.1, 0.15) is 0 Å². The molecule has 0 spiro atoms. The molecule has 136 valence electrons. The van der Waals surface area contributed by atoms with E-state index in [1.54, 1.807) is 0 Å². The standard InChI is InChI=1S/C20H20Cl2NOPS/c21-19(17-7-3-1-4-8-17)15-25(26,23-11-13-24-14-12-23)16-20(22)18-9-5-2-6-10-18/h1-10,15-16H,11-14H2/b19-15-,20-16+. The van der Waals surface area contributed by atoms with Crippen LogP contribution in [0.25, 0.3) is 10.1 Å². The van der Waals surface area contributed by atoms with E-state index in [4.69, 9.17) is 39.7 Å². The molecule has 2 aromatic rings. The molecule has 0 bridgehead atoms. The van der Waals surface area contributed by atoms with Gasteiger partial charge in [0.2, 0.25) is 0 Å². The van der Waals surface area contributed by atoms with E-state index in [0.29, 0.717) is 23.3 Å². The maximum atomic E-state index is 6.63. The molecule has 0 aromatic heterocycles. The minimum absolute atomic E-state index is 0.661. The molecule has 1 heterocycles. The number of nitrogens with zero attached hydrogens (tertiary/aromatic N) is 1. The van der Waals surface area contributed by atoms with Crippen molar-refractivity contribution in [2.45, 2.75) is 0 Å². The molecule has 3 rings (SSSR count). The molecule has 1 aliphatic heterocycles. The average Bonchev–Trinajstić information content (AvgIpc) is 2.70. The highest BCUT2D eigenvalue weighted by Crippen LogP contribution is 2.57. The molecule has 0 radical (unpaired) electrons. The largest absolute Gasteiger partial charge is 0.379 e. The Morgan fingerprint density at radius 2 is 1.27 bits per heavy atom. The lowest BCUT2D eigenvalue weighted by molar-refractivity contribution is 0.0753.